The highest BCUT2D eigenvalue weighted by atomic mass is 79.9. The number of carbonyl (C=O) groups is 1. The lowest BCUT2D eigenvalue weighted by molar-refractivity contribution is 0.224. The van der Waals surface area contributed by atoms with Gasteiger partial charge < -0.3 is 10.2 Å². The van der Waals surface area contributed by atoms with E-state index in [1.165, 1.54) is 0 Å². The molecule has 3 nitrogen and oxygen atoms in total. The minimum absolute atomic E-state index is 0.0880. The number of urea groups is 1. The molecule has 0 radical (unpaired) electrons. The Balaban J connectivity index is 2.76. The van der Waals surface area contributed by atoms with Crippen molar-refractivity contribution in [2.24, 2.45) is 0 Å². The number of nitrogens with zero attached hydrogens (tertiary/aromatic N) is 1. The van der Waals surface area contributed by atoms with E-state index in [2.05, 4.69) is 21.2 Å². The quantitative estimate of drug-likeness (QED) is 0.879. The number of nitrogens with one attached hydrogen (secondary N) is 1. The first-order chi connectivity index (χ1) is 7.02. The molecule has 1 N–H and O–H groups in total. The van der Waals surface area contributed by atoms with E-state index >= 15 is 0 Å². The van der Waals surface area contributed by atoms with E-state index in [-0.39, 0.29) is 6.03 Å². The highest BCUT2D eigenvalue weighted by Gasteiger charge is 2.06. The molecule has 4 heteroatoms. The SMILES string of the molecule is CCN(C)C(=O)Nc1cc(C)cc(Br)c1. The number of halogens is 1. The van der Waals surface area contributed by atoms with Gasteiger partial charge in [-0.2, -0.15) is 0 Å². The largest absolute Gasteiger partial charge is 0.328 e. The second-order valence-electron chi connectivity index (χ2n) is 3.46. The molecule has 1 rings (SSSR count). The van der Waals surface area contributed by atoms with Gasteiger partial charge in [-0.3, -0.25) is 0 Å². The van der Waals surface area contributed by atoms with Gasteiger partial charge in [-0.05, 0) is 37.6 Å². The van der Waals surface area contributed by atoms with Crippen molar-refractivity contribution in [3.8, 4) is 0 Å². The lowest BCUT2D eigenvalue weighted by Gasteiger charge is -2.15. The molecule has 0 fully saturated rings. The molecule has 0 spiro atoms. The number of aryl methyl sites for hydroxylation is 1. The molecule has 0 heterocycles. The number of anilines is 1. The van der Waals surface area contributed by atoms with Crippen LogP contribution in [0.25, 0.3) is 0 Å². The lowest BCUT2D eigenvalue weighted by atomic mass is 10.2. The van der Waals surface area contributed by atoms with Crippen LogP contribution >= 0.6 is 15.9 Å². The average molecular weight is 271 g/mol. The topological polar surface area (TPSA) is 32.3 Å². The Morgan fingerprint density at radius 1 is 1.47 bits per heavy atom. The summed E-state index contributed by atoms with van der Waals surface area (Å²) in [7, 11) is 1.76. The van der Waals surface area contributed by atoms with Crippen LogP contribution in [0.5, 0.6) is 0 Å². The van der Waals surface area contributed by atoms with Gasteiger partial charge in [0.15, 0.2) is 0 Å². The van der Waals surface area contributed by atoms with Gasteiger partial charge in [0.05, 0.1) is 0 Å². The number of benzene rings is 1. The van der Waals surface area contributed by atoms with Gasteiger partial charge in [0.1, 0.15) is 0 Å². The fraction of sp³-hybridized carbons (Fsp3) is 0.364. The number of carbonyl (C=O) groups excluding carboxylic acids is 1. The van der Waals surface area contributed by atoms with Gasteiger partial charge >= 0.3 is 6.03 Å². The summed E-state index contributed by atoms with van der Waals surface area (Å²) in [5.41, 5.74) is 1.92. The predicted molar refractivity (Wildman–Crippen MR) is 66.2 cm³/mol. The van der Waals surface area contributed by atoms with E-state index in [1.807, 2.05) is 32.0 Å². The smallest absolute Gasteiger partial charge is 0.321 e. The normalized spacial score (nSPS) is 9.87. The van der Waals surface area contributed by atoms with E-state index in [4.69, 9.17) is 0 Å². The summed E-state index contributed by atoms with van der Waals surface area (Å²) >= 11 is 3.39. The molecule has 1 aromatic rings. The first-order valence-corrected chi connectivity index (χ1v) is 5.61. The molecule has 82 valence electrons. The lowest BCUT2D eigenvalue weighted by Crippen LogP contribution is -2.30. The summed E-state index contributed by atoms with van der Waals surface area (Å²) in [6.07, 6.45) is 0. The molecule has 0 saturated carbocycles. The Morgan fingerprint density at radius 3 is 2.67 bits per heavy atom. The van der Waals surface area contributed by atoms with E-state index in [0.717, 1.165) is 15.7 Å². The Labute approximate surface area is 98.6 Å². The van der Waals surface area contributed by atoms with Crippen molar-refractivity contribution in [1.29, 1.82) is 0 Å². The standard InChI is InChI=1S/C11H15BrN2O/c1-4-14(3)11(15)13-10-6-8(2)5-9(12)7-10/h5-7H,4H2,1-3H3,(H,13,15). The van der Waals surface area contributed by atoms with Crippen LogP contribution in [0.1, 0.15) is 12.5 Å². The van der Waals surface area contributed by atoms with Crippen LogP contribution in [0.3, 0.4) is 0 Å². The predicted octanol–water partition coefficient (Wildman–Crippen LogP) is 3.24. The number of hydrogen-bond acceptors (Lipinski definition) is 1. The monoisotopic (exact) mass is 270 g/mol. The Morgan fingerprint density at radius 2 is 2.13 bits per heavy atom. The summed E-state index contributed by atoms with van der Waals surface area (Å²) in [5, 5.41) is 2.83. The van der Waals surface area contributed by atoms with Crippen LogP contribution in [-0.4, -0.2) is 24.5 Å². The maximum atomic E-state index is 11.6. The Kier molecular flexibility index (Phi) is 4.15. The third kappa shape index (κ3) is 3.55. The first-order valence-electron chi connectivity index (χ1n) is 4.82. The maximum absolute atomic E-state index is 11.6. The van der Waals surface area contributed by atoms with Crippen LogP contribution in [-0.2, 0) is 0 Å². The molecule has 0 bridgehead atoms. The minimum atomic E-state index is -0.0880. The Hall–Kier alpha value is -1.03. The van der Waals surface area contributed by atoms with Crippen molar-refractivity contribution in [2.75, 3.05) is 18.9 Å². The molecule has 0 atom stereocenters. The van der Waals surface area contributed by atoms with E-state index in [9.17, 15) is 4.79 Å². The molecule has 0 unspecified atom stereocenters. The second kappa shape index (κ2) is 5.16. The van der Waals surface area contributed by atoms with Gasteiger partial charge in [-0.1, -0.05) is 15.9 Å². The molecule has 0 aliphatic rings. The van der Waals surface area contributed by atoms with Crippen molar-refractivity contribution in [1.82, 2.24) is 4.90 Å². The van der Waals surface area contributed by atoms with Crippen LogP contribution in [0.2, 0.25) is 0 Å². The molecule has 15 heavy (non-hydrogen) atoms. The molecule has 0 aliphatic carbocycles. The van der Waals surface area contributed by atoms with Gasteiger partial charge in [0.25, 0.3) is 0 Å². The highest BCUT2D eigenvalue weighted by molar-refractivity contribution is 9.10. The summed E-state index contributed by atoms with van der Waals surface area (Å²) in [6, 6.07) is 5.73. The van der Waals surface area contributed by atoms with Gasteiger partial charge in [-0.15, -0.1) is 0 Å². The van der Waals surface area contributed by atoms with Crippen LogP contribution in [0.4, 0.5) is 10.5 Å². The maximum Gasteiger partial charge on any atom is 0.321 e. The van der Waals surface area contributed by atoms with Crippen molar-refractivity contribution >= 4 is 27.6 Å². The molecule has 0 aliphatic heterocycles. The Bertz CT molecular complexity index is 345. The highest BCUT2D eigenvalue weighted by Crippen LogP contribution is 2.19. The zero-order chi connectivity index (χ0) is 11.4. The van der Waals surface area contributed by atoms with E-state index in [0.29, 0.717) is 6.54 Å². The second-order valence-corrected chi connectivity index (χ2v) is 4.38. The van der Waals surface area contributed by atoms with E-state index < -0.39 is 0 Å². The van der Waals surface area contributed by atoms with Crippen molar-refractivity contribution < 1.29 is 4.79 Å². The van der Waals surface area contributed by atoms with Gasteiger partial charge in [0, 0.05) is 23.8 Å². The van der Waals surface area contributed by atoms with Crippen molar-refractivity contribution in [3.05, 3.63) is 28.2 Å². The fourth-order valence-electron chi connectivity index (χ4n) is 1.17. The van der Waals surface area contributed by atoms with Crippen molar-refractivity contribution in [3.63, 3.8) is 0 Å². The summed E-state index contributed by atoms with van der Waals surface area (Å²) in [5.74, 6) is 0. The third-order valence-corrected chi connectivity index (χ3v) is 2.57. The van der Waals surface area contributed by atoms with Crippen LogP contribution in [0.15, 0.2) is 22.7 Å². The van der Waals surface area contributed by atoms with Crippen molar-refractivity contribution in [2.45, 2.75) is 13.8 Å². The molecule has 1 aromatic carbocycles. The van der Waals surface area contributed by atoms with E-state index in [1.54, 1.807) is 11.9 Å². The van der Waals surface area contributed by atoms with Crippen LogP contribution < -0.4 is 5.32 Å². The number of rotatable bonds is 2. The zero-order valence-corrected chi connectivity index (χ0v) is 10.8. The molecule has 0 saturated heterocycles. The first kappa shape index (κ1) is 12.0. The summed E-state index contributed by atoms with van der Waals surface area (Å²) in [6.45, 7) is 4.62. The number of hydrogen-bond donors (Lipinski definition) is 1. The summed E-state index contributed by atoms with van der Waals surface area (Å²) < 4.78 is 0.969. The summed E-state index contributed by atoms with van der Waals surface area (Å²) in [4.78, 5) is 13.2. The average Bonchev–Trinajstić information content (AvgIpc) is 2.14. The third-order valence-electron chi connectivity index (χ3n) is 2.11. The zero-order valence-electron chi connectivity index (χ0n) is 9.17. The van der Waals surface area contributed by atoms with Gasteiger partial charge in [0.2, 0.25) is 0 Å². The molecule has 0 aromatic heterocycles. The fourth-order valence-corrected chi connectivity index (χ4v) is 1.78. The molecular weight excluding hydrogens is 256 g/mol. The van der Waals surface area contributed by atoms with Crippen LogP contribution in [0, 0.1) is 6.92 Å². The minimum Gasteiger partial charge on any atom is -0.328 e. The molecular formula is C11H15BrN2O. The molecule has 2 amide bonds. The number of amides is 2. The van der Waals surface area contributed by atoms with Gasteiger partial charge in [-0.25, -0.2) is 4.79 Å².